The number of hydrogen-bond acceptors (Lipinski definition) is 5. The van der Waals surface area contributed by atoms with Crippen LogP contribution in [-0.2, 0) is 9.59 Å². The Hall–Kier alpha value is -1.63. The van der Waals surface area contributed by atoms with E-state index in [4.69, 9.17) is 5.11 Å². The van der Waals surface area contributed by atoms with Gasteiger partial charge in [-0.1, -0.05) is 0 Å². The van der Waals surface area contributed by atoms with Crippen molar-refractivity contribution < 1.29 is 14.7 Å². The second-order valence-electron chi connectivity index (χ2n) is 3.87. The third-order valence-corrected chi connectivity index (χ3v) is 3.55. The molecule has 2 N–H and O–H groups in total. The number of aliphatic carboxylic acids is 1. The summed E-state index contributed by atoms with van der Waals surface area (Å²) in [6.45, 7) is 2.99. The lowest BCUT2D eigenvalue weighted by molar-refractivity contribution is -0.139. The highest BCUT2D eigenvalue weighted by atomic mass is 32.1. The molecule has 6 nitrogen and oxygen atoms in total. The number of thiazole rings is 1. The molecule has 0 spiro atoms. The molecule has 0 aliphatic carbocycles. The lowest BCUT2D eigenvalue weighted by Gasteiger charge is -2.33. The first-order valence-corrected chi connectivity index (χ1v) is 6.14. The molecule has 0 bridgehead atoms. The molecule has 2 rings (SSSR count). The Morgan fingerprint density at radius 1 is 1.76 bits per heavy atom. The van der Waals surface area contributed by atoms with Crippen LogP contribution in [0.15, 0.2) is 5.38 Å². The van der Waals surface area contributed by atoms with Crippen molar-refractivity contribution >= 4 is 28.3 Å². The van der Waals surface area contributed by atoms with Crippen LogP contribution in [0.2, 0.25) is 0 Å². The Bertz CT molecular complexity index is 446. The van der Waals surface area contributed by atoms with Gasteiger partial charge in [-0.25, -0.2) is 4.98 Å². The molecule has 0 radical (unpaired) electrons. The number of rotatable bonds is 3. The second kappa shape index (κ2) is 4.70. The molecule has 1 fully saturated rings. The van der Waals surface area contributed by atoms with E-state index in [9.17, 15) is 9.59 Å². The van der Waals surface area contributed by atoms with E-state index in [0.717, 1.165) is 5.69 Å². The number of aryl methyl sites for hydroxylation is 1. The summed E-state index contributed by atoms with van der Waals surface area (Å²) in [5, 5.41) is 14.1. The number of piperazine rings is 1. The normalized spacial score (nSPS) is 20.2. The molecule has 1 unspecified atom stereocenters. The molecule has 1 aromatic rings. The summed E-state index contributed by atoms with van der Waals surface area (Å²) in [5.41, 5.74) is 0.880. The molecular weight excluding hydrogens is 242 g/mol. The number of aromatic nitrogens is 1. The standard InChI is InChI=1S/C10H13N3O3S/c1-6-5-17-10(12-6)13-3-2-11-9(16)7(13)4-8(14)15/h5,7H,2-4H2,1H3,(H,11,16)(H,14,15). The van der Waals surface area contributed by atoms with E-state index in [0.29, 0.717) is 18.2 Å². The predicted octanol–water partition coefficient (Wildman–Crippen LogP) is 0.231. The smallest absolute Gasteiger partial charge is 0.305 e. The van der Waals surface area contributed by atoms with Crippen molar-refractivity contribution in [2.75, 3.05) is 18.0 Å². The van der Waals surface area contributed by atoms with Crippen LogP contribution < -0.4 is 10.2 Å². The van der Waals surface area contributed by atoms with Crippen LogP contribution in [0.3, 0.4) is 0 Å². The molecule has 1 aromatic heterocycles. The van der Waals surface area contributed by atoms with Gasteiger partial charge >= 0.3 is 5.97 Å². The topological polar surface area (TPSA) is 82.5 Å². The number of carboxylic acid groups (broad SMARTS) is 1. The highest BCUT2D eigenvalue weighted by Gasteiger charge is 2.33. The van der Waals surface area contributed by atoms with Crippen molar-refractivity contribution in [1.29, 1.82) is 0 Å². The average Bonchev–Trinajstić information content (AvgIpc) is 2.67. The van der Waals surface area contributed by atoms with Crippen LogP contribution in [-0.4, -0.2) is 41.1 Å². The Kier molecular flexibility index (Phi) is 3.28. The molecule has 7 heteroatoms. The predicted molar refractivity (Wildman–Crippen MR) is 63.2 cm³/mol. The summed E-state index contributed by atoms with van der Waals surface area (Å²) < 4.78 is 0. The second-order valence-corrected chi connectivity index (χ2v) is 4.71. The van der Waals surface area contributed by atoms with Gasteiger partial charge in [0.1, 0.15) is 6.04 Å². The van der Waals surface area contributed by atoms with E-state index in [1.807, 2.05) is 12.3 Å². The zero-order valence-corrected chi connectivity index (χ0v) is 10.2. The lowest BCUT2D eigenvalue weighted by Crippen LogP contribution is -2.56. The van der Waals surface area contributed by atoms with Gasteiger partial charge in [-0.05, 0) is 6.92 Å². The first kappa shape index (κ1) is 11.8. The molecule has 1 aliphatic heterocycles. The van der Waals surface area contributed by atoms with Gasteiger partial charge in [0.2, 0.25) is 5.91 Å². The zero-order chi connectivity index (χ0) is 12.4. The third-order valence-electron chi connectivity index (χ3n) is 2.55. The van der Waals surface area contributed by atoms with Crippen LogP contribution in [0.1, 0.15) is 12.1 Å². The van der Waals surface area contributed by atoms with Crippen molar-refractivity contribution in [2.45, 2.75) is 19.4 Å². The van der Waals surface area contributed by atoms with Crippen molar-refractivity contribution in [1.82, 2.24) is 10.3 Å². The molecule has 1 aliphatic rings. The van der Waals surface area contributed by atoms with Gasteiger partial charge in [0.25, 0.3) is 0 Å². The summed E-state index contributed by atoms with van der Waals surface area (Å²) in [6, 6.07) is -0.660. The minimum Gasteiger partial charge on any atom is -0.481 e. The fourth-order valence-electron chi connectivity index (χ4n) is 1.79. The largest absolute Gasteiger partial charge is 0.481 e. The number of carbonyl (C=O) groups excluding carboxylic acids is 1. The highest BCUT2D eigenvalue weighted by Crippen LogP contribution is 2.24. The molecule has 2 heterocycles. The number of carboxylic acids is 1. The van der Waals surface area contributed by atoms with Crippen LogP contribution >= 0.6 is 11.3 Å². The summed E-state index contributed by atoms with van der Waals surface area (Å²) in [5.74, 6) is -1.23. The van der Waals surface area contributed by atoms with Gasteiger partial charge in [-0.2, -0.15) is 0 Å². The summed E-state index contributed by atoms with van der Waals surface area (Å²) in [4.78, 5) is 28.5. The van der Waals surface area contributed by atoms with Gasteiger partial charge in [0.05, 0.1) is 12.1 Å². The number of anilines is 1. The van der Waals surface area contributed by atoms with Gasteiger partial charge in [-0.15, -0.1) is 11.3 Å². The highest BCUT2D eigenvalue weighted by molar-refractivity contribution is 7.13. The Morgan fingerprint density at radius 2 is 2.53 bits per heavy atom. The molecule has 92 valence electrons. The van der Waals surface area contributed by atoms with Crippen LogP contribution in [0.25, 0.3) is 0 Å². The van der Waals surface area contributed by atoms with E-state index in [1.165, 1.54) is 11.3 Å². The SMILES string of the molecule is Cc1csc(N2CCNC(=O)C2CC(=O)O)n1. The molecule has 1 amide bonds. The maximum absolute atomic E-state index is 11.7. The number of nitrogens with one attached hydrogen (secondary N) is 1. The van der Waals surface area contributed by atoms with E-state index in [2.05, 4.69) is 10.3 Å². The van der Waals surface area contributed by atoms with E-state index < -0.39 is 12.0 Å². The monoisotopic (exact) mass is 255 g/mol. The van der Waals surface area contributed by atoms with Crippen molar-refractivity contribution in [2.24, 2.45) is 0 Å². The maximum atomic E-state index is 11.7. The van der Waals surface area contributed by atoms with Crippen molar-refractivity contribution in [3.8, 4) is 0 Å². The minimum atomic E-state index is -0.981. The van der Waals surface area contributed by atoms with E-state index in [-0.39, 0.29) is 12.3 Å². The Balaban J connectivity index is 2.22. The summed E-state index contributed by atoms with van der Waals surface area (Å²) in [7, 11) is 0. The first-order valence-electron chi connectivity index (χ1n) is 5.26. The minimum absolute atomic E-state index is 0.204. The zero-order valence-electron chi connectivity index (χ0n) is 9.34. The average molecular weight is 255 g/mol. The fraction of sp³-hybridized carbons (Fsp3) is 0.500. The number of hydrogen-bond donors (Lipinski definition) is 2. The third kappa shape index (κ3) is 2.55. The van der Waals surface area contributed by atoms with Crippen LogP contribution in [0.5, 0.6) is 0 Å². The van der Waals surface area contributed by atoms with Gasteiger partial charge in [0, 0.05) is 18.5 Å². The molecular formula is C10H13N3O3S. The molecule has 1 atom stereocenters. The number of carbonyl (C=O) groups is 2. The molecule has 17 heavy (non-hydrogen) atoms. The van der Waals surface area contributed by atoms with Crippen molar-refractivity contribution in [3.63, 3.8) is 0 Å². The van der Waals surface area contributed by atoms with E-state index >= 15 is 0 Å². The van der Waals surface area contributed by atoms with Gasteiger partial charge in [0.15, 0.2) is 5.13 Å². The quantitative estimate of drug-likeness (QED) is 0.808. The van der Waals surface area contributed by atoms with E-state index in [1.54, 1.807) is 4.90 Å². The van der Waals surface area contributed by atoms with Crippen LogP contribution in [0, 0.1) is 6.92 Å². The summed E-state index contributed by atoms with van der Waals surface area (Å²) >= 11 is 1.43. The Morgan fingerprint density at radius 3 is 3.12 bits per heavy atom. The first-order chi connectivity index (χ1) is 8.08. The van der Waals surface area contributed by atoms with Crippen LogP contribution in [0.4, 0.5) is 5.13 Å². The molecule has 0 aromatic carbocycles. The Labute approximate surface area is 102 Å². The molecule has 0 saturated carbocycles. The molecule has 1 saturated heterocycles. The number of amides is 1. The van der Waals surface area contributed by atoms with Crippen molar-refractivity contribution in [3.05, 3.63) is 11.1 Å². The van der Waals surface area contributed by atoms with Gasteiger partial charge in [-0.3, -0.25) is 9.59 Å². The number of nitrogens with zero attached hydrogens (tertiary/aromatic N) is 2. The maximum Gasteiger partial charge on any atom is 0.305 e. The lowest BCUT2D eigenvalue weighted by atomic mass is 10.1. The fourth-order valence-corrected chi connectivity index (χ4v) is 2.66. The van der Waals surface area contributed by atoms with Gasteiger partial charge < -0.3 is 15.3 Å². The summed E-state index contributed by atoms with van der Waals surface area (Å²) in [6.07, 6.45) is -0.204.